The van der Waals surface area contributed by atoms with E-state index in [1.54, 1.807) is 0 Å². The van der Waals surface area contributed by atoms with Gasteiger partial charge in [0.15, 0.2) is 0 Å². The van der Waals surface area contributed by atoms with Gasteiger partial charge in [0.1, 0.15) is 0 Å². The van der Waals surface area contributed by atoms with Crippen molar-refractivity contribution in [2.75, 3.05) is 21.3 Å². The summed E-state index contributed by atoms with van der Waals surface area (Å²) in [4.78, 5) is 18.9. The minimum absolute atomic E-state index is 0.966. The lowest BCUT2D eigenvalue weighted by Gasteiger charge is -2.18. The number of hydrogen-bond donors (Lipinski definition) is 0. The van der Waals surface area contributed by atoms with E-state index in [0.29, 0.717) is 0 Å². The van der Waals surface area contributed by atoms with Gasteiger partial charge in [0.05, 0.1) is 7.11 Å². The maximum absolute atomic E-state index is 10.8. The number of rotatable bonds is 4. The second-order valence-electron chi connectivity index (χ2n) is 1.48. The Bertz CT molecular complexity index is 133. The zero-order valence-corrected chi connectivity index (χ0v) is 7.18. The average Bonchev–Trinajstić information content (AvgIpc) is 2.03. The third-order valence-corrected chi connectivity index (χ3v) is 1.39. The zero-order valence-electron chi connectivity index (χ0n) is 6.42. The SMILES string of the molecule is COOC(=O)C(Cl)(OC)OC. The van der Waals surface area contributed by atoms with Crippen LogP contribution in [0.15, 0.2) is 0 Å². The summed E-state index contributed by atoms with van der Waals surface area (Å²) in [6.45, 7) is 0. The van der Waals surface area contributed by atoms with E-state index >= 15 is 0 Å². The van der Waals surface area contributed by atoms with Crippen molar-refractivity contribution in [2.45, 2.75) is 5.25 Å². The Kier molecular flexibility index (Phi) is 4.36. The summed E-state index contributed by atoms with van der Waals surface area (Å²) >= 11 is 5.44. The summed E-state index contributed by atoms with van der Waals surface area (Å²) in [5.41, 5.74) is 0. The van der Waals surface area contributed by atoms with Gasteiger partial charge in [0.25, 0.3) is 0 Å². The second kappa shape index (κ2) is 4.50. The van der Waals surface area contributed by atoms with Gasteiger partial charge in [-0.25, -0.2) is 4.79 Å². The van der Waals surface area contributed by atoms with E-state index in [1.807, 2.05) is 0 Å². The lowest BCUT2D eigenvalue weighted by molar-refractivity contribution is -0.283. The van der Waals surface area contributed by atoms with Crippen molar-refractivity contribution in [1.82, 2.24) is 0 Å². The van der Waals surface area contributed by atoms with E-state index < -0.39 is 11.2 Å². The minimum Gasteiger partial charge on any atom is -0.332 e. The molecule has 5 nitrogen and oxygen atoms in total. The van der Waals surface area contributed by atoms with Crippen molar-refractivity contribution in [3.8, 4) is 0 Å². The maximum Gasteiger partial charge on any atom is 0.418 e. The van der Waals surface area contributed by atoms with Gasteiger partial charge in [-0.15, -0.1) is 0 Å². The largest absolute Gasteiger partial charge is 0.418 e. The van der Waals surface area contributed by atoms with Crippen molar-refractivity contribution < 1.29 is 24.0 Å². The van der Waals surface area contributed by atoms with Crippen LogP contribution in [0.5, 0.6) is 0 Å². The van der Waals surface area contributed by atoms with Gasteiger partial charge in [-0.1, -0.05) is 0 Å². The first kappa shape index (κ1) is 10.6. The molecule has 0 heterocycles. The molecular weight excluding hydrogens is 176 g/mol. The summed E-state index contributed by atoms with van der Waals surface area (Å²) in [5.74, 6) is -0.966. The van der Waals surface area contributed by atoms with Crippen molar-refractivity contribution in [1.29, 1.82) is 0 Å². The smallest absolute Gasteiger partial charge is 0.332 e. The summed E-state index contributed by atoms with van der Waals surface area (Å²) in [7, 11) is 3.57. The van der Waals surface area contributed by atoms with Crippen LogP contribution >= 0.6 is 11.6 Å². The minimum atomic E-state index is -1.92. The number of ether oxygens (including phenoxy) is 2. The summed E-state index contributed by atoms with van der Waals surface area (Å²) in [5, 5.41) is -1.92. The molecule has 0 fully saturated rings. The molecule has 0 saturated heterocycles. The average molecular weight is 185 g/mol. The molecule has 0 aliphatic heterocycles. The van der Waals surface area contributed by atoms with Crippen LogP contribution in [0.2, 0.25) is 0 Å². The number of carbonyl (C=O) groups is 1. The maximum atomic E-state index is 10.8. The van der Waals surface area contributed by atoms with Crippen molar-refractivity contribution >= 4 is 17.6 Å². The van der Waals surface area contributed by atoms with Crippen LogP contribution in [-0.4, -0.2) is 32.5 Å². The lowest BCUT2D eigenvalue weighted by Crippen LogP contribution is -2.38. The molecule has 6 heteroatoms. The van der Waals surface area contributed by atoms with Crippen LogP contribution in [0.4, 0.5) is 0 Å². The normalized spacial score (nSPS) is 11.3. The number of hydrogen-bond acceptors (Lipinski definition) is 5. The fourth-order valence-electron chi connectivity index (χ4n) is 0.375. The predicted octanol–water partition coefficient (Wildman–Crippen LogP) is 0.276. The van der Waals surface area contributed by atoms with Gasteiger partial charge >= 0.3 is 11.2 Å². The molecule has 0 amide bonds. The van der Waals surface area contributed by atoms with E-state index in [-0.39, 0.29) is 0 Å². The Morgan fingerprint density at radius 1 is 1.27 bits per heavy atom. The molecule has 0 rings (SSSR count). The second-order valence-corrected chi connectivity index (χ2v) is 1.98. The molecule has 66 valence electrons. The van der Waals surface area contributed by atoms with Crippen molar-refractivity contribution in [3.63, 3.8) is 0 Å². The molecular formula is C5H9ClO5. The van der Waals surface area contributed by atoms with Crippen molar-refractivity contribution in [2.24, 2.45) is 0 Å². The highest BCUT2D eigenvalue weighted by molar-refractivity contribution is 6.31. The van der Waals surface area contributed by atoms with Gasteiger partial charge in [-0.05, 0) is 11.6 Å². The zero-order chi connectivity index (χ0) is 8.91. The standard InChI is InChI=1S/C5H9ClO5/c1-8-5(6,9-2)4(7)11-10-3/h1-3H3. The molecule has 0 bridgehead atoms. The molecule has 0 aliphatic rings. The number of methoxy groups -OCH3 is 2. The summed E-state index contributed by atoms with van der Waals surface area (Å²) in [6.07, 6.45) is 0. The molecule has 0 spiro atoms. The van der Waals surface area contributed by atoms with E-state index in [4.69, 9.17) is 11.6 Å². The number of halogens is 1. The van der Waals surface area contributed by atoms with Crippen LogP contribution < -0.4 is 0 Å². The highest BCUT2D eigenvalue weighted by atomic mass is 35.5. The molecule has 0 aromatic rings. The monoisotopic (exact) mass is 184 g/mol. The van der Waals surface area contributed by atoms with Crippen LogP contribution in [0.25, 0.3) is 0 Å². The molecule has 0 aliphatic carbocycles. The van der Waals surface area contributed by atoms with Crippen LogP contribution in [0.3, 0.4) is 0 Å². The van der Waals surface area contributed by atoms with Gasteiger partial charge < -0.3 is 9.47 Å². The van der Waals surface area contributed by atoms with Crippen LogP contribution in [0, 0.1) is 0 Å². The van der Waals surface area contributed by atoms with E-state index in [0.717, 1.165) is 0 Å². The van der Waals surface area contributed by atoms with Gasteiger partial charge in [-0.3, -0.25) is 4.89 Å². The van der Waals surface area contributed by atoms with E-state index in [9.17, 15) is 4.79 Å². The first-order valence-corrected chi connectivity index (χ1v) is 3.02. The molecule has 0 N–H and O–H groups in total. The van der Waals surface area contributed by atoms with E-state index in [1.165, 1.54) is 21.3 Å². The van der Waals surface area contributed by atoms with Gasteiger partial charge in [-0.2, -0.15) is 4.89 Å². The Morgan fingerprint density at radius 2 is 1.73 bits per heavy atom. The summed E-state index contributed by atoms with van der Waals surface area (Å²) in [6, 6.07) is 0. The van der Waals surface area contributed by atoms with E-state index in [2.05, 4.69) is 19.2 Å². The van der Waals surface area contributed by atoms with Crippen LogP contribution in [0.1, 0.15) is 0 Å². The Labute approximate surface area is 69.0 Å². The first-order chi connectivity index (χ1) is 5.10. The third-order valence-electron chi connectivity index (χ3n) is 0.928. The number of carbonyl (C=O) groups excluding carboxylic acids is 1. The Hall–Kier alpha value is -0.360. The Morgan fingerprint density at radius 3 is 2.00 bits per heavy atom. The van der Waals surface area contributed by atoms with Gasteiger partial charge in [0.2, 0.25) is 0 Å². The quantitative estimate of drug-likeness (QED) is 0.272. The van der Waals surface area contributed by atoms with Crippen LogP contribution in [-0.2, 0) is 24.0 Å². The molecule has 0 unspecified atom stereocenters. The first-order valence-electron chi connectivity index (χ1n) is 2.65. The molecule has 0 aromatic carbocycles. The lowest BCUT2D eigenvalue weighted by atomic mass is 10.6. The highest BCUT2D eigenvalue weighted by Gasteiger charge is 2.39. The number of alkyl halides is 1. The molecule has 0 aromatic heterocycles. The Balaban J connectivity index is 4.12. The highest BCUT2D eigenvalue weighted by Crippen LogP contribution is 2.18. The fraction of sp³-hybridized carbons (Fsp3) is 0.800. The fourth-order valence-corrected chi connectivity index (χ4v) is 0.407. The summed E-state index contributed by atoms with van der Waals surface area (Å²) < 4.78 is 8.98. The molecule has 0 atom stereocenters. The predicted molar refractivity (Wildman–Crippen MR) is 35.7 cm³/mol. The molecule has 11 heavy (non-hydrogen) atoms. The molecule has 0 saturated carbocycles. The topological polar surface area (TPSA) is 54.0 Å². The van der Waals surface area contributed by atoms with Crippen molar-refractivity contribution in [3.05, 3.63) is 0 Å². The third kappa shape index (κ3) is 2.63. The molecule has 0 radical (unpaired) electrons. The van der Waals surface area contributed by atoms with Gasteiger partial charge in [0, 0.05) is 14.2 Å².